The molecule has 1 aromatic heterocycles. The van der Waals surface area contributed by atoms with E-state index in [1.165, 1.54) is 0 Å². The van der Waals surface area contributed by atoms with Crippen LogP contribution >= 0.6 is 0 Å². The number of ether oxygens (including phenoxy) is 1. The maximum Gasteiger partial charge on any atom is 0.246 e. The highest BCUT2D eigenvalue weighted by molar-refractivity contribution is 6.02. The topological polar surface area (TPSA) is 118 Å². The number of nitrogens with one attached hydrogen (secondary N) is 2. The standard InChI is InChI=1S/C34H46N6O4/c1-32(2,3)40-30-25-15-11-12-16-26(25)39(22-23-13-9-10-14-24(23)29(30)37-38-40)28(42)21-36-31(43)33(4,5)19-20-44-34(6,7)18-17-27(41)35-8/h9-16H,17-22H2,1-8H3,(H,35,41)(H,36,43). The van der Waals surface area contributed by atoms with E-state index in [4.69, 9.17) is 4.74 Å². The Morgan fingerprint density at radius 2 is 1.57 bits per heavy atom. The van der Waals surface area contributed by atoms with Gasteiger partial charge in [0, 0.05) is 36.6 Å². The van der Waals surface area contributed by atoms with Crippen molar-refractivity contribution in [3.8, 4) is 22.5 Å². The van der Waals surface area contributed by atoms with E-state index >= 15 is 0 Å². The number of anilines is 1. The number of nitrogens with zero attached hydrogens (tertiary/aromatic N) is 4. The largest absolute Gasteiger partial charge is 0.376 e. The van der Waals surface area contributed by atoms with Gasteiger partial charge in [-0.25, -0.2) is 4.68 Å². The van der Waals surface area contributed by atoms with E-state index in [1.807, 2.05) is 80.9 Å². The van der Waals surface area contributed by atoms with E-state index in [0.717, 1.165) is 33.8 Å². The highest BCUT2D eigenvalue weighted by Gasteiger charge is 2.33. The number of amides is 3. The molecule has 0 saturated carbocycles. The first-order valence-corrected chi connectivity index (χ1v) is 15.2. The fraction of sp³-hybridized carbons (Fsp3) is 0.500. The van der Waals surface area contributed by atoms with Gasteiger partial charge in [0.1, 0.15) is 5.69 Å². The van der Waals surface area contributed by atoms with E-state index in [2.05, 4.69) is 41.7 Å². The van der Waals surface area contributed by atoms with Gasteiger partial charge < -0.3 is 20.3 Å². The molecule has 0 radical (unpaired) electrons. The van der Waals surface area contributed by atoms with Crippen molar-refractivity contribution in [2.45, 2.75) is 85.4 Å². The second kappa shape index (κ2) is 12.9. The van der Waals surface area contributed by atoms with Crippen molar-refractivity contribution in [2.75, 3.05) is 25.1 Å². The molecule has 0 atom stereocenters. The Hall–Kier alpha value is -4.05. The molecule has 44 heavy (non-hydrogen) atoms. The number of carbonyl (C=O) groups is 3. The summed E-state index contributed by atoms with van der Waals surface area (Å²) < 4.78 is 7.95. The normalized spacial score (nSPS) is 13.2. The van der Waals surface area contributed by atoms with Gasteiger partial charge in [-0.15, -0.1) is 5.10 Å². The van der Waals surface area contributed by atoms with Crippen LogP contribution < -0.4 is 15.5 Å². The molecule has 2 aromatic carbocycles. The molecule has 10 nitrogen and oxygen atoms in total. The maximum absolute atomic E-state index is 13.9. The Balaban J connectivity index is 1.52. The lowest BCUT2D eigenvalue weighted by molar-refractivity contribution is -0.133. The number of carbonyl (C=O) groups excluding carboxylic acids is 3. The molecule has 236 valence electrons. The van der Waals surface area contributed by atoms with Crippen molar-refractivity contribution in [3.05, 3.63) is 54.1 Å². The van der Waals surface area contributed by atoms with Crippen molar-refractivity contribution in [3.63, 3.8) is 0 Å². The first-order chi connectivity index (χ1) is 20.6. The van der Waals surface area contributed by atoms with Crippen LogP contribution in [0.2, 0.25) is 0 Å². The van der Waals surface area contributed by atoms with Gasteiger partial charge in [0.05, 0.1) is 35.6 Å². The van der Waals surface area contributed by atoms with E-state index < -0.39 is 11.0 Å². The summed E-state index contributed by atoms with van der Waals surface area (Å²) in [4.78, 5) is 40.6. The molecule has 1 aliphatic heterocycles. The average molecular weight is 603 g/mol. The van der Waals surface area contributed by atoms with Crippen molar-refractivity contribution in [1.29, 1.82) is 0 Å². The van der Waals surface area contributed by atoms with Gasteiger partial charge in [-0.3, -0.25) is 14.4 Å². The lowest BCUT2D eigenvalue weighted by atomic mass is 9.88. The smallest absolute Gasteiger partial charge is 0.246 e. The van der Waals surface area contributed by atoms with Crippen LogP contribution in [0.1, 0.15) is 73.3 Å². The summed E-state index contributed by atoms with van der Waals surface area (Å²) in [6, 6.07) is 15.7. The second-order valence-corrected chi connectivity index (χ2v) is 13.6. The van der Waals surface area contributed by atoms with Gasteiger partial charge in [0.15, 0.2) is 0 Å². The molecule has 4 rings (SSSR count). The van der Waals surface area contributed by atoms with Gasteiger partial charge in [-0.05, 0) is 59.1 Å². The fourth-order valence-electron chi connectivity index (χ4n) is 5.25. The third kappa shape index (κ3) is 7.35. The Kier molecular flexibility index (Phi) is 9.63. The van der Waals surface area contributed by atoms with Crippen LogP contribution in [-0.4, -0.2) is 58.5 Å². The Morgan fingerprint density at radius 3 is 2.25 bits per heavy atom. The van der Waals surface area contributed by atoms with Crippen molar-refractivity contribution in [1.82, 2.24) is 25.6 Å². The quantitative estimate of drug-likeness (QED) is 0.335. The predicted octanol–water partition coefficient (Wildman–Crippen LogP) is 5.07. The van der Waals surface area contributed by atoms with Crippen molar-refractivity contribution in [2.24, 2.45) is 5.41 Å². The molecular formula is C34H46N6O4. The van der Waals surface area contributed by atoms with Crippen LogP contribution in [-0.2, 0) is 31.2 Å². The summed E-state index contributed by atoms with van der Waals surface area (Å²) in [7, 11) is 1.61. The monoisotopic (exact) mass is 602 g/mol. The molecule has 1 aliphatic rings. The first kappa shape index (κ1) is 32.9. The summed E-state index contributed by atoms with van der Waals surface area (Å²) in [5.74, 6) is -0.481. The van der Waals surface area contributed by atoms with E-state index in [1.54, 1.807) is 11.9 Å². The van der Waals surface area contributed by atoms with E-state index in [-0.39, 0.29) is 29.8 Å². The second-order valence-electron chi connectivity index (χ2n) is 13.6. The molecular weight excluding hydrogens is 556 g/mol. The van der Waals surface area contributed by atoms with Gasteiger partial charge in [0.25, 0.3) is 0 Å². The third-order valence-corrected chi connectivity index (χ3v) is 8.13. The number of rotatable bonds is 10. The maximum atomic E-state index is 13.9. The zero-order chi connectivity index (χ0) is 32.3. The number of hydrogen-bond acceptors (Lipinski definition) is 6. The fourth-order valence-corrected chi connectivity index (χ4v) is 5.25. The summed E-state index contributed by atoms with van der Waals surface area (Å²) >= 11 is 0. The molecule has 0 aliphatic carbocycles. The van der Waals surface area contributed by atoms with Crippen molar-refractivity contribution >= 4 is 23.4 Å². The Morgan fingerprint density at radius 1 is 0.909 bits per heavy atom. The SMILES string of the molecule is CNC(=O)CCC(C)(C)OCCC(C)(C)C(=O)NCC(=O)N1Cc2ccccc2-c2nnn(C(C)(C)C)c2-c2ccccc21. The summed E-state index contributed by atoms with van der Waals surface area (Å²) in [6.07, 6.45) is 1.40. The first-order valence-electron chi connectivity index (χ1n) is 15.2. The molecule has 0 bridgehead atoms. The molecule has 2 heterocycles. The molecule has 2 N–H and O–H groups in total. The van der Waals surface area contributed by atoms with Crippen LogP contribution in [0.5, 0.6) is 0 Å². The van der Waals surface area contributed by atoms with E-state index in [0.29, 0.717) is 32.4 Å². The van der Waals surface area contributed by atoms with Crippen LogP contribution in [0.3, 0.4) is 0 Å². The highest BCUT2D eigenvalue weighted by Crippen LogP contribution is 2.42. The van der Waals surface area contributed by atoms with Crippen LogP contribution in [0.15, 0.2) is 48.5 Å². The summed E-state index contributed by atoms with van der Waals surface area (Å²) in [6.45, 7) is 14.3. The Labute approximate surface area is 260 Å². The minimum absolute atomic E-state index is 0.0332. The van der Waals surface area contributed by atoms with Crippen LogP contribution in [0.25, 0.3) is 22.5 Å². The average Bonchev–Trinajstić information content (AvgIpc) is 3.41. The Bertz CT molecular complexity index is 1520. The number of benzene rings is 2. The van der Waals surface area contributed by atoms with Gasteiger partial charge in [-0.1, -0.05) is 61.5 Å². The predicted molar refractivity (Wildman–Crippen MR) is 172 cm³/mol. The minimum Gasteiger partial charge on any atom is -0.376 e. The number of fused-ring (bicyclic) bond motifs is 5. The molecule has 0 saturated heterocycles. The molecule has 0 fully saturated rings. The van der Waals surface area contributed by atoms with Gasteiger partial charge in [-0.2, -0.15) is 0 Å². The summed E-state index contributed by atoms with van der Waals surface area (Å²) in [5.41, 5.74) is 3.48. The van der Waals surface area contributed by atoms with Crippen LogP contribution in [0, 0.1) is 5.41 Å². The third-order valence-electron chi connectivity index (χ3n) is 8.13. The van der Waals surface area contributed by atoms with Crippen LogP contribution in [0.4, 0.5) is 5.69 Å². The number of aromatic nitrogens is 3. The lowest BCUT2D eigenvalue weighted by Crippen LogP contribution is -2.45. The minimum atomic E-state index is -0.766. The van der Waals surface area contributed by atoms with Gasteiger partial charge >= 0.3 is 0 Å². The molecule has 3 amide bonds. The number of para-hydroxylation sites is 1. The van der Waals surface area contributed by atoms with Gasteiger partial charge in [0.2, 0.25) is 17.7 Å². The summed E-state index contributed by atoms with van der Waals surface area (Å²) in [5, 5.41) is 14.7. The number of hydrogen-bond donors (Lipinski definition) is 2. The molecule has 0 spiro atoms. The zero-order valence-electron chi connectivity index (χ0n) is 27.3. The zero-order valence-corrected chi connectivity index (χ0v) is 27.3. The van der Waals surface area contributed by atoms with E-state index in [9.17, 15) is 14.4 Å². The molecule has 10 heteroatoms. The lowest BCUT2D eigenvalue weighted by Gasteiger charge is -2.31. The van der Waals surface area contributed by atoms with Crippen molar-refractivity contribution < 1.29 is 19.1 Å². The molecule has 0 unspecified atom stereocenters. The highest BCUT2D eigenvalue weighted by atomic mass is 16.5. The molecule has 3 aromatic rings.